The van der Waals surface area contributed by atoms with Gasteiger partial charge in [0.05, 0.1) is 5.39 Å². The van der Waals surface area contributed by atoms with Crippen molar-refractivity contribution in [3.8, 4) is 16.8 Å². The highest BCUT2D eigenvalue weighted by Gasteiger charge is 2.19. The van der Waals surface area contributed by atoms with E-state index in [1.165, 1.54) is 24.2 Å². The topological polar surface area (TPSA) is 30.7 Å². The zero-order valence-electron chi connectivity index (χ0n) is 17.6. The summed E-state index contributed by atoms with van der Waals surface area (Å²) in [6.07, 6.45) is 3.59. The van der Waals surface area contributed by atoms with Gasteiger partial charge in [0, 0.05) is 38.8 Å². The molecule has 0 N–H and O–H groups in total. The summed E-state index contributed by atoms with van der Waals surface area (Å²) in [5.74, 6) is 0.0309. The zero-order chi connectivity index (χ0) is 22.9. The number of thioether (sulfide) groups is 1. The summed E-state index contributed by atoms with van der Waals surface area (Å²) in [4.78, 5) is 9.15. The molecule has 0 aliphatic heterocycles. The molecule has 3 aromatic carbocycles. The molecule has 0 radical (unpaired) electrons. The van der Waals surface area contributed by atoms with E-state index in [1.54, 1.807) is 12.1 Å². The Morgan fingerprint density at radius 1 is 0.939 bits per heavy atom. The minimum atomic E-state index is -0.324. The van der Waals surface area contributed by atoms with Gasteiger partial charge in [0.2, 0.25) is 0 Å². The fourth-order valence-electron chi connectivity index (χ4n) is 3.72. The van der Waals surface area contributed by atoms with E-state index < -0.39 is 0 Å². The second kappa shape index (κ2) is 9.18. The van der Waals surface area contributed by atoms with E-state index in [0.717, 1.165) is 38.4 Å². The Balaban J connectivity index is 1.68. The van der Waals surface area contributed by atoms with Crippen LogP contribution in [0.4, 0.5) is 4.39 Å². The van der Waals surface area contributed by atoms with Crippen molar-refractivity contribution < 1.29 is 4.39 Å². The summed E-state index contributed by atoms with van der Waals surface area (Å²) in [5, 5.41) is 2.75. The maximum absolute atomic E-state index is 14.4. The van der Waals surface area contributed by atoms with Crippen LogP contribution in [0, 0.1) is 12.7 Å². The van der Waals surface area contributed by atoms with Crippen molar-refractivity contribution in [2.24, 2.45) is 0 Å². The predicted octanol–water partition coefficient (Wildman–Crippen LogP) is 8.13. The predicted molar refractivity (Wildman–Crippen MR) is 135 cm³/mol. The van der Waals surface area contributed by atoms with E-state index in [2.05, 4.69) is 28.3 Å². The van der Waals surface area contributed by atoms with Gasteiger partial charge in [0.25, 0.3) is 0 Å². The quantitative estimate of drug-likeness (QED) is 0.183. The lowest BCUT2D eigenvalue weighted by molar-refractivity contribution is 0.617. The molecule has 0 saturated carbocycles. The Labute approximate surface area is 205 Å². The Morgan fingerprint density at radius 3 is 2.52 bits per heavy atom. The van der Waals surface area contributed by atoms with Crippen LogP contribution in [0.2, 0.25) is 10.0 Å². The summed E-state index contributed by atoms with van der Waals surface area (Å²) < 4.78 is 16.4. The van der Waals surface area contributed by atoms with Gasteiger partial charge in [0.15, 0.2) is 0 Å². The van der Waals surface area contributed by atoms with Crippen molar-refractivity contribution in [3.63, 3.8) is 0 Å². The molecule has 0 atom stereocenters. The highest BCUT2D eigenvalue weighted by molar-refractivity contribution is 7.98. The molecule has 5 rings (SSSR count). The van der Waals surface area contributed by atoms with Crippen molar-refractivity contribution in [2.75, 3.05) is 0 Å². The maximum atomic E-state index is 14.4. The molecule has 7 heteroatoms. The molecule has 0 spiro atoms. The minimum absolute atomic E-state index is 0.324. The van der Waals surface area contributed by atoms with Crippen LogP contribution in [0.25, 0.3) is 27.8 Å². The third-order valence-electron chi connectivity index (χ3n) is 5.48. The first-order valence-electron chi connectivity index (χ1n) is 10.3. The van der Waals surface area contributed by atoms with Crippen LogP contribution >= 0.6 is 35.0 Å². The Hall–Kier alpha value is -2.86. The van der Waals surface area contributed by atoms with Crippen LogP contribution in [-0.2, 0) is 5.75 Å². The number of benzene rings is 3. The van der Waals surface area contributed by atoms with Crippen molar-refractivity contribution in [3.05, 3.63) is 106 Å². The molecule has 0 aliphatic rings. The second-order valence-corrected chi connectivity index (χ2v) is 9.36. The smallest absolute Gasteiger partial charge is 0.149 e. The summed E-state index contributed by atoms with van der Waals surface area (Å²) in [5.41, 5.74) is 5.16. The summed E-state index contributed by atoms with van der Waals surface area (Å²) in [7, 11) is 0. The number of aromatic nitrogens is 3. The van der Waals surface area contributed by atoms with Gasteiger partial charge in [0.1, 0.15) is 22.8 Å². The number of hydrogen-bond donors (Lipinski definition) is 0. The largest absolute Gasteiger partial charge is 0.301 e. The third-order valence-corrected chi connectivity index (χ3v) is 7.26. The van der Waals surface area contributed by atoms with Gasteiger partial charge < -0.3 is 4.57 Å². The van der Waals surface area contributed by atoms with Crippen LogP contribution in [0.1, 0.15) is 11.1 Å². The number of hydrogen-bond acceptors (Lipinski definition) is 3. The molecule has 0 aliphatic carbocycles. The van der Waals surface area contributed by atoms with Crippen molar-refractivity contribution in [2.45, 2.75) is 17.7 Å². The third kappa shape index (κ3) is 4.24. The average Bonchev–Trinajstić information content (AvgIpc) is 3.22. The van der Waals surface area contributed by atoms with Crippen LogP contribution in [0.5, 0.6) is 0 Å². The van der Waals surface area contributed by atoms with E-state index in [9.17, 15) is 4.39 Å². The summed E-state index contributed by atoms with van der Waals surface area (Å²) in [6, 6.07) is 20.7. The molecular weight excluding hydrogens is 476 g/mol. The highest BCUT2D eigenvalue weighted by Crippen LogP contribution is 2.38. The van der Waals surface area contributed by atoms with Crippen LogP contribution in [0.3, 0.4) is 0 Å². The number of rotatable bonds is 5. The molecule has 0 amide bonds. The molecule has 33 heavy (non-hydrogen) atoms. The fraction of sp³-hybridized carbons (Fsp3) is 0.0769. The first-order valence-corrected chi connectivity index (χ1v) is 12.0. The van der Waals surface area contributed by atoms with Gasteiger partial charge in [-0.3, -0.25) is 0 Å². The zero-order valence-corrected chi connectivity index (χ0v) is 19.9. The molecule has 2 aromatic heterocycles. The summed E-state index contributed by atoms with van der Waals surface area (Å²) >= 11 is 14.1. The van der Waals surface area contributed by atoms with E-state index in [4.69, 9.17) is 23.2 Å². The standard InChI is InChI=1S/C26H18Cl2FN3S/c1-16-10-11-18(12-22(16)28)32-13-19(17-6-3-2-4-7-17)24-25(32)30-15-31-26(24)33-14-20-21(27)8-5-9-23(20)29/h2-13,15H,14H2,1H3. The Bertz CT molecular complexity index is 1450. The maximum Gasteiger partial charge on any atom is 0.149 e. The first kappa shape index (κ1) is 22.0. The second-order valence-electron chi connectivity index (χ2n) is 7.58. The summed E-state index contributed by atoms with van der Waals surface area (Å²) in [6.45, 7) is 1.97. The van der Waals surface area contributed by atoms with E-state index >= 15 is 0 Å². The fourth-order valence-corrected chi connectivity index (χ4v) is 5.24. The Kier molecular flexibility index (Phi) is 6.11. The van der Waals surface area contributed by atoms with Crippen molar-refractivity contribution in [1.29, 1.82) is 0 Å². The lowest BCUT2D eigenvalue weighted by Gasteiger charge is -2.08. The number of aryl methyl sites for hydroxylation is 1. The molecule has 0 bridgehead atoms. The van der Waals surface area contributed by atoms with Crippen LogP contribution in [0.15, 0.2) is 84.3 Å². The normalized spacial score (nSPS) is 11.3. The number of nitrogens with zero attached hydrogens (tertiary/aromatic N) is 3. The van der Waals surface area contributed by atoms with Crippen LogP contribution in [-0.4, -0.2) is 14.5 Å². The molecule has 5 aromatic rings. The van der Waals surface area contributed by atoms with E-state index in [0.29, 0.717) is 21.4 Å². The van der Waals surface area contributed by atoms with Crippen molar-refractivity contribution in [1.82, 2.24) is 14.5 Å². The molecule has 3 nitrogen and oxygen atoms in total. The molecular formula is C26H18Cl2FN3S. The first-order chi connectivity index (χ1) is 16.0. The van der Waals surface area contributed by atoms with Gasteiger partial charge in [-0.2, -0.15) is 0 Å². The van der Waals surface area contributed by atoms with Crippen molar-refractivity contribution >= 4 is 46.0 Å². The van der Waals surface area contributed by atoms with E-state index in [1.807, 2.05) is 47.9 Å². The molecule has 0 saturated heterocycles. The van der Waals surface area contributed by atoms with Gasteiger partial charge in [-0.05, 0) is 42.3 Å². The molecule has 0 fully saturated rings. The monoisotopic (exact) mass is 493 g/mol. The molecule has 164 valence electrons. The van der Waals surface area contributed by atoms with Gasteiger partial charge in [-0.1, -0.05) is 65.7 Å². The molecule has 2 heterocycles. The lowest BCUT2D eigenvalue weighted by Crippen LogP contribution is -1.96. The van der Waals surface area contributed by atoms with Gasteiger partial charge in [-0.25, -0.2) is 14.4 Å². The van der Waals surface area contributed by atoms with E-state index in [-0.39, 0.29) is 5.82 Å². The van der Waals surface area contributed by atoms with Gasteiger partial charge >= 0.3 is 0 Å². The van der Waals surface area contributed by atoms with Gasteiger partial charge in [-0.15, -0.1) is 11.8 Å². The highest BCUT2D eigenvalue weighted by atomic mass is 35.5. The number of halogens is 3. The average molecular weight is 494 g/mol. The SMILES string of the molecule is Cc1ccc(-n2cc(-c3ccccc3)c3c(SCc4c(F)cccc4Cl)ncnc32)cc1Cl. The number of fused-ring (bicyclic) bond motifs is 1. The van der Waals surface area contributed by atoms with Crippen LogP contribution < -0.4 is 0 Å². The Morgan fingerprint density at radius 2 is 1.76 bits per heavy atom. The minimum Gasteiger partial charge on any atom is -0.301 e. The molecule has 0 unspecified atom stereocenters. The lowest BCUT2D eigenvalue weighted by atomic mass is 10.1.